The van der Waals surface area contributed by atoms with Crippen molar-refractivity contribution in [1.82, 2.24) is 9.55 Å². The van der Waals surface area contributed by atoms with Gasteiger partial charge in [0.05, 0.1) is 29.0 Å². The number of phenolic OH excluding ortho intramolecular Hbond substituents is 1. The Morgan fingerprint density at radius 2 is 2.07 bits per heavy atom. The summed E-state index contributed by atoms with van der Waals surface area (Å²) in [6.45, 7) is 2.25. The quantitative estimate of drug-likeness (QED) is 0.499. The van der Waals surface area contributed by atoms with Crippen LogP contribution in [-0.4, -0.2) is 25.7 Å². The number of cyclic esters (lactones) is 1. The maximum atomic E-state index is 13.0. The molecule has 4 heterocycles. The molecule has 0 amide bonds. The van der Waals surface area contributed by atoms with Crippen molar-refractivity contribution in [3.8, 4) is 17.1 Å². The number of carbonyl (C=O) groups is 1. The summed E-state index contributed by atoms with van der Waals surface area (Å²) in [5.74, 6) is -0.581. The van der Waals surface area contributed by atoms with Crippen molar-refractivity contribution in [2.75, 3.05) is 0 Å². The highest BCUT2D eigenvalue weighted by Crippen LogP contribution is 2.38. The third-order valence-electron chi connectivity index (χ3n) is 5.41. The molecule has 0 fully saturated rings. The van der Waals surface area contributed by atoms with Crippen molar-refractivity contribution >= 4 is 16.9 Å². The minimum atomic E-state index is -1.46. The van der Waals surface area contributed by atoms with Gasteiger partial charge in [0.1, 0.15) is 12.4 Å². The lowest BCUT2D eigenvalue weighted by molar-refractivity contribution is -0.157. The van der Waals surface area contributed by atoms with E-state index in [4.69, 9.17) is 9.72 Å². The molecule has 27 heavy (non-hydrogen) atoms. The Bertz CT molecular complexity index is 1210. The van der Waals surface area contributed by atoms with Crippen molar-refractivity contribution in [3.05, 3.63) is 56.9 Å². The van der Waals surface area contributed by atoms with Crippen LogP contribution in [0.1, 0.15) is 35.3 Å². The van der Waals surface area contributed by atoms with Gasteiger partial charge in [0, 0.05) is 16.5 Å². The van der Waals surface area contributed by atoms with Gasteiger partial charge in [-0.2, -0.15) is 0 Å². The summed E-state index contributed by atoms with van der Waals surface area (Å²) in [7, 11) is 0. The lowest BCUT2D eigenvalue weighted by Gasteiger charge is -2.21. The zero-order valence-electron chi connectivity index (χ0n) is 14.5. The number of fused-ring (bicyclic) bond motifs is 5. The van der Waals surface area contributed by atoms with Gasteiger partial charge in [-0.15, -0.1) is 0 Å². The van der Waals surface area contributed by atoms with E-state index in [1.807, 2.05) is 6.92 Å². The van der Waals surface area contributed by atoms with Crippen LogP contribution in [0.4, 0.5) is 0 Å². The van der Waals surface area contributed by atoms with Crippen LogP contribution in [0.2, 0.25) is 0 Å². The van der Waals surface area contributed by atoms with E-state index < -0.39 is 12.1 Å². The number of aromatic nitrogens is 2. The minimum absolute atomic E-state index is 0.134. The summed E-state index contributed by atoms with van der Waals surface area (Å²) in [6, 6.07) is 6.69. The topological polar surface area (TPSA) is 102 Å². The van der Waals surface area contributed by atoms with Crippen LogP contribution >= 0.6 is 0 Å². The Hall–Kier alpha value is -3.19. The number of carbonyl (C=O) groups excluding carboxylic acids is 1. The Kier molecular flexibility index (Phi) is 3.21. The Morgan fingerprint density at radius 1 is 1.26 bits per heavy atom. The SMILES string of the molecule is CCc1c2c(nc3ccc(O)cc13)-c1cc3c(c(=O)n1C2)COC(=O)[C@H]3O. The van der Waals surface area contributed by atoms with Crippen molar-refractivity contribution < 1.29 is 19.7 Å². The molecule has 7 nitrogen and oxygen atoms in total. The van der Waals surface area contributed by atoms with Crippen molar-refractivity contribution in [2.45, 2.75) is 32.6 Å². The molecule has 0 aliphatic carbocycles. The standard InChI is InChI=1S/C20H16N2O5/c1-2-10-11-5-9(23)3-4-15(11)21-17-13(10)7-22-16(17)6-12-14(19(22)25)8-27-20(26)18(12)24/h3-6,18,23-24H,2,7-8H2,1H3/t18-/m0/s1. The molecule has 1 atom stereocenters. The van der Waals surface area contributed by atoms with Gasteiger partial charge in [0.25, 0.3) is 5.56 Å². The van der Waals surface area contributed by atoms with E-state index in [9.17, 15) is 19.8 Å². The number of aromatic hydroxyl groups is 1. The molecule has 0 radical (unpaired) electrons. The highest BCUT2D eigenvalue weighted by Gasteiger charge is 2.34. The normalized spacial score (nSPS) is 17.4. The number of phenols is 1. The van der Waals surface area contributed by atoms with Crippen LogP contribution in [-0.2, 0) is 29.1 Å². The average molecular weight is 364 g/mol. The van der Waals surface area contributed by atoms with Gasteiger partial charge >= 0.3 is 5.97 Å². The minimum Gasteiger partial charge on any atom is -0.508 e. The number of esters is 1. The van der Waals surface area contributed by atoms with Crippen molar-refractivity contribution in [2.24, 2.45) is 0 Å². The van der Waals surface area contributed by atoms with Gasteiger partial charge in [-0.05, 0) is 36.2 Å². The molecule has 7 heteroatoms. The van der Waals surface area contributed by atoms with E-state index >= 15 is 0 Å². The van der Waals surface area contributed by atoms with Crippen molar-refractivity contribution in [3.63, 3.8) is 0 Å². The Morgan fingerprint density at radius 3 is 2.85 bits per heavy atom. The number of aliphatic hydroxyl groups is 1. The molecule has 0 bridgehead atoms. The van der Waals surface area contributed by atoms with E-state index in [1.54, 1.807) is 28.8 Å². The summed E-state index contributed by atoms with van der Waals surface area (Å²) in [5, 5.41) is 20.9. The van der Waals surface area contributed by atoms with E-state index in [0.717, 1.165) is 28.5 Å². The van der Waals surface area contributed by atoms with E-state index in [0.29, 0.717) is 29.1 Å². The lowest BCUT2D eigenvalue weighted by Crippen LogP contribution is -2.32. The molecule has 2 aliphatic rings. The molecule has 136 valence electrons. The molecular weight excluding hydrogens is 348 g/mol. The number of rotatable bonds is 1. The first-order chi connectivity index (χ1) is 13.0. The van der Waals surface area contributed by atoms with E-state index in [-0.39, 0.29) is 17.9 Å². The highest BCUT2D eigenvalue weighted by atomic mass is 16.5. The molecule has 2 N–H and O–H groups in total. The van der Waals surface area contributed by atoms with Crippen LogP contribution in [0.15, 0.2) is 29.1 Å². The van der Waals surface area contributed by atoms with Gasteiger partial charge in [0.2, 0.25) is 0 Å². The summed E-state index contributed by atoms with van der Waals surface area (Å²) < 4.78 is 6.52. The van der Waals surface area contributed by atoms with Crippen LogP contribution < -0.4 is 5.56 Å². The van der Waals surface area contributed by atoms with Gasteiger partial charge in [0.15, 0.2) is 6.10 Å². The first kappa shape index (κ1) is 16.0. The monoisotopic (exact) mass is 364 g/mol. The highest BCUT2D eigenvalue weighted by molar-refractivity contribution is 5.89. The fourth-order valence-electron chi connectivity index (χ4n) is 4.10. The average Bonchev–Trinajstić information content (AvgIpc) is 3.02. The number of benzene rings is 1. The molecule has 3 aromatic rings. The number of aryl methyl sites for hydroxylation is 1. The first-order valence-corrected chi connectivity index (χ1v) is 8.75. The molecule has 2 aliphatic heterocycles. The second-order valence-corrected chi connectivity index (χ2v) is 6.84. The molecular formula is C20H16N2O5. The van der Waals surface area contributed by atoms with Gasteiger partial charge in [-0.25, -0.2) is 9.78 Å². The van der Waals surface area contributed by atoms with E-state index in [1.165, 1.54) is 0 Å². The third-order valence-corrected chi connectivity index (χ3v) is 5.41. The molecule has 0 saturated carbocycles. The number of hydrogen-bond acceptors (Lipinski definition) is 6. The lowest BCUT2D eigenvalue weighted by atomic mass is 9.97. The number of hydrogen-bond donors (Lipinski definition) is 2. The zero-order chi connectivity index (χ0) is 18.9. The molecule has 5 rings (SSSR count). The van der Waals surface area contributed by atoms with Gasteiger partial charge < -0.3 is 19.5 Å². The maximum Gasteiger partial charge on any atom is 0.340 e. The summed E-state index contributed by atoms with van der Waals surface area (Å²) in [6.07, 6.45) is -0.739. The fourth-order valence-corrected chi connectivity index (χ4v) is 4.10. The molecule has 0 unspecified atom stereocenters. The van der Waals surface area contributed by atoms with Crippen LogP contribution in [0.5, 0.6) is 5.75 Å². The first-order valence-electron chi connectivity index (χ1n) is 8.75. The summed E-state index contributed by atoms with van der Waals surface area (Å²) in [5.41, 5.74) is 4.27. The van der Waals surface area contributed by atoms with Gasteiger partial charge in [-0.3, -0.25) is 4.79 Å². The zero-order valence-corrected chi connectivity index (χ0v) is 14.5. The third kappa shape index (κ3) is 2.09. The van der Waals surface area contributed by atoms with Crippen LogP contribution in [0, 0.1) is 0 Å². The molecule has 2 aromatic heterocycles. The number of ether oxygens (including phenoxy) is 1. The second kappa shape index (κ2) is 5.40. The summed E-state index contributed by atoms with van der Waals surface area (Å²) >= 11 is 0. The number of aliphatic hydroxyl groups excluding tert-OH is 1. The largest absolute Gasteiger partial charge is 0.508 e. The molecule has 0 spiro atoms. The number of pyridine rings is 2. The Balaban J connectivity index is 1.83. The van der Waals surface area contributed by atoms with Gasteiger partial charge in [-0.1, -0.05) is 6.92 Å². The van der Waals surface area contributed by atoms with Crippen molar-refractivity contribution in [1.29, 1.82) is 0 Å². The van der Waals surface area contributed by atoms with Crippen LogP contribution in [0.25, 0.3) is 22.3 Å². The summed E-state index contributed by atoms with van der Waals surface area (Å²) in [4.78, 5) is 29.4. The van der Waals surface area contributed by atoms with Crippen LogP contribution in [0.3, 0.4) is 0 Å². The second-order valence-electron chi connectivity index (χ2n) is 6.84. The predicted molar refractivity (Wildman–Crippen MR) is 96.3 cm³/mol. The molecule has 1 aromatic carbocycles. The predicted octanol–water partition coefficient (Wildman–Crippen LogP) is 1.78. The fraction of sp³-hybridized carbons (Fsp3) is 0.250. The number of nitrogens with zero attached hydrogens (tertiary/aromatic N) is 2. The smallest absolute Gasteiger partial charge is 0.340 e. The Labute approximate surface area is 153 Å². The molecule has 0 saturated heterocycles. The van der Waals surface area contributed by atoms with E-state index in [2.05, 4.69) is 0 Å². The maximum absolute atomic E-state index is 13.0.